The van der Waals surface area contributed by atoms with Crippen molar-refractivity contribution in [3.8, 4) is 17.2 Å². The second kappa shape index (κ2) is 9.26. The minimum absolute atomic E-state index is 0.0281. The smallest absolute Gasteiger partial charge is 0.375 e. The van der Waals surface area contributed by atoms with Crippen LogP contribution in [0.1, 0.15) is 37.0 Å². The Morgan fingerprint density at radius 1 is 1.03 bits per heavy atom. The molecule has 0 saturated carbocycles. The van der Waals surface area contributed by atoms with E-state index in [2.05, 4.69) is 0 Å². The van der Waals surface area contributed by atoms with Crippen LogP contribution in [0, 0.1) is 0 Å². The molecule has 1 aliphatic heterocycles. The van der Waals surface area contributed by atoms with Gasteiger partial charge in [0.1, 0.15) is 5.75 Å². The molecule has 0 amide bonds. The molecule has 0 aliphatic carbocycles. The highest BCUT2D eigenvalue weighted by Crippen LogP contribution is 2.45. The summed E-state index contributed by atoms with van der Waals surface area (Å²) in [6.07, 6.45) is 0.587. The fraction of sp³-hybridized carbons (Fsp3) is 0.360. The van der Waals surface area contributed by atoms with Gasteiger partial charge in [-0.25, -0.2) is 9.59 Å². The maximum Gasteiger partial charge on any atom is 0.375 e. The van der Waals surface area contributed by atoms with Gasteiger partial charge in [-0.15, -0.1) is 0 Å². The van der Waals surface area contributed by atoms with Crippen molar-refractivity contribution in [3.05, 3.63) is 58.8 Å². The molecule has 1 unspecified atom stereocenters. The number of esters is 2. The standard InChI is InChI=1S/C25H28O9/c1-24(2,31)10-9-15-11-14(5-7-17(15)26)13-25(23(30)33-4)20(21(32-3)22(29)34-25)16-6-8-18(27)19(28)12-16/h5-8,11-12,26-28,31H,9-10,13H2,1-4H3. The number of cyclic esters (lactones) is 1. The van der Waals surface area contributed by atoms with Crippen molar-refractivity contribution < 1.29 is 44.2 Å². The molecular weight excluding hydrogens is 444 g/mol. The Morgan fingerprint density at radius 3 is 2.29 bits per heavy atom. The van der Waals surface area contributed by atoms with E-state index in [0.29, 0.717) is 24.0 Å². The quantitative estimate of drug-likeness (QED) is 0.337. The number of phenols is 3. The summed E-state index contributed by atoms with van der Waals surface area (Å²) in [5.74, 6) is -2.82. The first kappa shape index (κ1) is 24.9. The molecule has 0 bridgehead atoms. The number of benzene rings is 2. The Balaban J connectivity index is 2.13. The van der Waals surface area contributed by atoms with Crippen LogP contribution in [-0.2, 0) is 36.6 Å². The third kappa shape index (κ3) is 4.79. The van der Waals surface area contributed by atoms with E-state index in [1.54, 1.807) is 26.0 Å². The Labute approximate surface area is 196 Å². The van der Waals surface area contributed by atoms with Gasteiger partial charge in [-0.1, -0.05) is 18.2 Å². The summed E-state index contributed by atoms with van der Waals surface area (Å²) in [7, 11) is 2.40. The highest BCUT2D eigenvalue weighted by atomic mass is 16.6. The minimum atomic E-state index is -1.95. The van der Waals surface area contributed by atoms with Crippen LogP contribution in [0.4, 0.5) is 0 Å². The van der Waals surface area contributed by atoms with E-state index in [-0.39, 0.29) is 34.8 Å². The number of methoxy groups -OCH3 is 2. The number of carbonyl (C=O) groups excluding carboxylic acids is 2. The molecule has 0 saturated heterocycles. The number of rotatable bonds is 8. The van der Waals surface area contributed by atoms with Crippen LogP contribution in [0.15, 0.2) is 42.2 Å². The highest BCUT2D eigenvalue weighted by Gasteiger charge is 2.56. The second-order valence-corrected chi connectivity index (χ2v) is 8.77. The molecule has 9 heteroatoms. The first-order valence-corrected chi connectivity index (χ1v) is 10.6. The van der Waals surface area contributed by atoms with E-state index in [4.69, 9.17) is 14.2 Å². The van der Waals surface area contributed by atoms with Gasteiger partial charge in [0, 0.05) is 6.42 Å². The Bertz CT molecular complexity index is 1140. The van der Waals surface area contributed by atoms with Gasteiger partial charge in [0.15, 0.2) is 11.5 Å². The van der Waals surface area contributed by atoms with Crippen molar-refractivity contribution in [2.75, 3.05) is 14.2 Å². The molecule has 1 atom stereocenters. The second-order valence-electron chi connectivity index (χ2n) is 8.77. The van der Waals surface area contributed by atoms with Gasteiger partial charge < -0.3 is 34.6 Å². The molecule has 3 rings (SSSR count). The monoisotopic (exact) mass is 472 g/mol. The third-order valence-electron chi connectivity index (χ3n) is 5.67. The third-order valence-corrected chi connectivity index (χ3v) is 5.67. The molecular formula is C25H28O9. The lowest BCUT2D eigenvalue weighted by atomic mass is 9.82. The summed E-state index contributed by atoms with van der Waals surface area (Å²) in [5, 5.41) is 40.1. The predicted molar refractivity (Wildman–Crippen MR) is 121 cm³/mol. The van der Waals surface area contributed by atoms with Crippen molar-refractivity contribution in [3.63, 3.8) is 0 Å². The maximum atomic E-state index is 13.1. The molecule has 34 heavy (non-hydrogen) atoms. The molecule has 1 aliphatic rings. The van der Waals surface area contributed by atoms with Gasteiger partial charge in [-0.05, 0) is 61.6 Å². The largest absolute Gasteiger partial charge is 0.508 e. The molecule has 182 valence electrons. The first-order valence-electron chi connectivity index (χ1n) is 10.6. The Morgan fingerprint density at radius 2 is 1.71 bits per heavy atom. The molecule has 4 N–H and O–H groups in total. The normalized spacial score (nSPS) is 18.1. The maximum absolute atomic E-state index is 13.1. The van der Waals surface area contributed by atoms with Gasteiger partial charge in [-0.2, -0.15) is 0 Å². The van der Waals surface area contributed by atoms with Crippen LogP contribution < -0.4 is 0 Å². The van der Waals surface area contributed by atoms with Crippen LogP contribution in [-0.4, -0.2) is 57.8 Å². The van der Waals surface area contributed by atoms with Crippen molar-refractivity contribution >= 4 is 17.5 Å². The van der Waals surface area contributed by atoms with Crippen molar-refractivity contribution in [2.45, 2.75) is 44.3 Å². The van der Waals surface area contributed by atoms with Gasteiger partial charge in [-0.3, -0.25) is 0 Å². The molecule has 0 fully saturated rings. The summed E-state index contributed by atoms with van der Waals surface area (Å²) in [5.41, 5.74) is -1.56. The van der Waals surface area contributed by atoms with Crippen LogP contribution in [0.5, 0.6) is 17.2 Å². The zero-order valence-corrected chi connectivity index (χ0v) is 19.4. The summed E-state index contributed by atoms with van der Waals surface area (Å²) in [6.45, 7) is 3.32. The zero-order valence-electron chi connectivity index (χ0n) is 19.4. The average Bonchev–Trinajstić information content (AvgIpc) is 3.06. The minimum Gasteiger partial charge on any atom is -0.508 e. The molecule has 1 heterocycles. The van der Waals surface area contributed by atoms with Gasteiger partial charge in [0.05, 0.1) is 25.4 Å². The number of hydrogen-bond donors (Lipinski definition) is 4. The van der Waals surface area contributed by atoms with Crippen LogP contribution in [0.25, 0.3) is 5.57 Å². The molecule has 2 aromatic rings. The van der Waals surface area contributed by atoms with Gasteiger partial charge in [0.25, 0.3) is 0 Å². The van der Waals surface area contributed by atoms with Gasteiger partial charge >= 0.3 is 11.9 Å². The lowest BCUT2D eigenvalue weighted by molar-refractivity contribution is -0.169. The molecule has 0 aromatic heterocycles. The number of aryl methyl sites for hydroxylation is 1. The number of hydrogen-bond acceptors (Lipinski definition) is 9. The fourth-order valence-corrected chi connectivity index (χ4v) is 3.95. The number of aliphatic hydroxyl groups is 1. The van der Waals surface area contributed by atoms with Gasteiger partial charge in [0.2, 0.25) is 11.4 Å². The van der Waals surface area contributed by atoms with E-state index < -0.39 is 28.9 Å². The predicted octanol–water partition coefficient (Wildman–Crippen LogP) is 2.58. The van der Waals surface area contributed by atoms with Crippen LogP contribution in [0.3, 0.4) is 0 Å². The number of carbonyl (C=O) groups is 2. The Hall–Kier alpha value is -3.72. The molecule has 2 aromatic carbocycles. The SMILES string of the molecule is COC(=O)C1(Cc2ccc(O)c(CCC(C)(C)O)c2)OC(=O)C(OC)=C1c1ccc(O)c(O)c1. The van der Waals surface area contributed by atoms with E-state index in [0.717, 1.165) is 7.11 Å². The number of ether oxygens (including phenoxy) is 3. The van der Waals surface area contributed by atoms with Crippen molar-refractivity contribution in [1.82, 2.24) is 0 Å². The topological polar surface area (TPSA) is 143 Å². The lowest BCUT2D eigenvalue weighted by Crippen LogP contribution is -2.44. The Kier molecular flexibility index (Phi) is 6.79. The highest BCUT2D eigenvalue weighted by molar-refractivity contribution is 6.11. The van der Waals surface area contributed by atoms with Crippen molar-refractivity contribution in [1.29, 1.82) is 0 Å². The molecule has 0 radical (unpaired) electrons. The summed E-state index contributed by atoms with van der Waals surface area (Å²) in [4.78, 5) is 25.8. The average molecular weight is 472 g/mol. The van der Waals surface area contributed by atoms with E-state index in [1.807, 2.05) is 0 Å². The summed E-state index contributed by atoms with van der Waals surface area (Å²) < 4.78 is 15.8. The molecule has 0 spiro atoms. The molecule has 9 nitrogen and oxygen atoms in total. The lowest BCUT2D eigenvalue weighted by Gasteiger charge is -2.28. The number of phenolic OH excluding ortho intramolecular Hbond substituents is 3. The summed E-state index contributed by atoms with van der Waals surface area (Å²) >= 11 is 0. The first-order chi connectivity index (χ1) is 15.9. The number of aromatic hydroxyl groups is 3. The van der Waals surface area contributed by atoms with Crippen LogP contribution >= 0.6 is 0 Å². The summed E-state index contributed by atoms with van der Waals surface area (Å²) in [6, 6.07) is 8.52. The van der Waals surface area contributed by atoms with E-state index >= 15 is 0 Å². The zero-order chi connectivity index (χ0) is 25.3. The van der Waals surface area contributed by atoms with Crippen LogP contribution in [0.2, 0.25) is 0 Å². The van der Waals surface area contributed by atoms with E-state index in [1.165, 1.54) is 31.4 Å². The fourth-order valence-electron chi connectivity index (χ4n) is 3.95. The van der Waals surface area contributed by atoms with E-state index in [9.17, 15) is 30.0 Å². The van der Waals surface area contributed by atoms with Crippen molar-refractivity contribution in [2.24, 2.45) is 0 Å².